The molecule has 0 amide bonds. The Bertz CT molecular complexity index is 427. The summed E-state index contributed by atoms with van der Waals surface area (Å²) in [6.45, 7) is 0.257. The Balaban J connectivity index is 2.11. The molecule has 1 aliphatic carbocycles. The molecule has 1 aliphatic heterocycles. The molecule has 1 heterocycles. The number of hydrogen-bond donors (Lipinski definition) is 1. The van der Waals surface area contributed by atoms with E-state index < -0.39 is 0 Å². The molecule has 0 aromatic heterocycles. The summed E-state index contributed by atoms with van der Waals surface area (Å²) in [7, 11) is 1.64. The van der Waals surface area contributed by atoms with E-state index in [0.717, 1.165) is 29.9 Å². The molecular formula is C12H15NO3. The van der Waals surface area contributed by atoms with Gasteiger partial charge in [-0.3, -0.25) is 0 Å². The third-order valence-corrected chi connectivity index (χ3v) is 3.48. The van der Waals surface area contributed by atoms with E-state index in [4.69, 9.17) is 19.9 Å². The van der Waals surface area contributed by atoms with Crippen molar-refractivity contribution in [2.45, 2.75) is 24.8 Å². The van der Waals surface area contributed by atoms with Crippen molar-refractivity contribution in [3.8, 4) is 17.2 Å². The van der Waals surface area contributed by atoms with Gasteiger partial charge in [0.25, 0.3) is 0 Å². The molecule has 4 nitrogen and oxygen atoms in total. The predicted octanol–water partition coefficient (Wildman–Crippen LogP) is 1.76. The van der Waals surface area contributed by atoms with Gasteiger partial charge in [0.1, 0.15) is 0 Å². The first-order chi connectivity index (χ1) is 7.74. The Hall–Kier alpha value is -1.42. The zero-order chi connectivity index (χ0) is 11.2. The number of ether oxygens (including phenoxy) is 3. The second-order valence-electron chi connectivity index (χ2n) is 4.39. The molecule has 0 spiro atoms. The van der Waals surface area contributed by atoms with E-state index in [0.29, 0.717) is 5.75 Å². The highest BCUT2D eigenvalue weighted by Gasteiger charge is 2.39. The molecule has 1 aromatic rings. The fourth-order valence-corrected chi connectivity index (χ4v) is 2.37. The van der Waals surface area contributed by atoms with Crippen LogP contribution in [0.25, 0.3) is 0 Å². The topological polar surface area (TPSA) is 53.7 Å². The van der Waals surface area contributed by atoms with Crippen molar-refractivity contribution >= 4 is 0 Å². The Labute approximate surface area is 94.3 Å². The lowest BCUT2D eigenvalue weighted by molar-refractivity contribution is 0.170. The molecule has 0 atom stereocenters. The number of fused-ring (bicyclic) bond motifs is 1. The third-order valence-electron chi connectivity index (χ3n) is 3.48. The van der Waals surface area contributed by atoms with Crippen LogP contribution in [0.15, 0.2) is 12.1 Å². The SMILES string of the molecule is COc1c(C2(N)CCC2)ccc2c1OCO2. The van der Waals surface area contributed by atoms with E-state index >= 15 is 0 Å². The summed E-state index contributed by atoms with van der Waals surface area (Å²) in [6.07, 6.45) is 3.18. The quantitative estimate of drug-likeness (QED) is 0.826. The molecule has 2 aliphatic rings. The lowest BCUT2D eigenvalue weighted by atomic mass is 9.72. The van der Waals surface area contributed by atoms with Crippen LogP contribution < -0.4 is 19.9 Å². The summed E-state index contributed by atoms with van der Waals surface area (Å²) >= 11 is 0. The van der Waals surface area contributed by atoms with E-state index in [2.05, 4.69) is 0 Å². The lowest BCUT2D eigenvalue weighted by Crippen LogP contribution is -2.43. The highest BCUT2D eigenvalue weighted by Crippen LogP contribution is 2.50. The molecule has 1 fully saturated rings. The first-order valence-electron chi connectivity index (χ1n) is 5.50. The van der Waals surface area contributed by atoms with E-state index in [1.54, 1.807) is 7.11 Å². The smallest absolute Gasteiger partial charge is 0.231 e. The molecule has 0 bridgehead atoms. The van der Waals surface area contributed by atoms with Crippen LogP contribution >= 0.6 is 0 Å². The standard InChI is InChI=1S/C12H15NO3/c1-14-10-8(12(13)5-2-6-12)3-4-9-11(10)16-7-15-9/h3-4H,2,5-7,13H2,1H3. The first kappa shape index (κ1) is 9.78. The van der Waals surface area contributed by atoms with E-state index in [-0.39, 0.29) is 12.3 Å². The van der Waals surface area contributed by atoms with Crippen molar-refractivity contribution in [3.05, 3.63) is 17.7 Å². The van der Waals surface area contributed by atoms with Gasteiger partial charge in [0.2, 0.25) is 12.5 Å². The van der Waals surface area contributed by atoms with Gasteiger partial charge in [-0.15, -0.1) is 0 Å². The van der Waals surface area contributed by atoms with Crippen molar-refractivity contribution in [2.24, 2.45) is 5.73 Å². The van der Waals surface area contributed by atoms with Crippen LogP contribution in [0.3, 0.4) is 0 Å². The average molecular weight is 221 g/mol. The molecule has 0 saturated heterocycles. The molecule has 0 radical (unpaired) electrons. The summed E-state index contributed by atoms with van der Waals surface area (Å²) in [5, 5.41) is 0. The maximum atomic E-state index is 6.32. The van der Waals surface area contributed by atoms with Gasteiger partial charge in [0, 0.05) is 11.1 Å². The average Bonchev–Trinajstić information content (AvgIpc) is 2.72. The Morgan fingerprint density at radius 1 is 1.31 bits per heavy atom. The zero-order valence-electron chi connectivity index (χ0n) is 9.29. The van der Waals surface area contributed by atoms with Crippen molar-refractivity contribution < 1.29 is 14.2 Å². The molecule has 0 unspecified atom stereocenters. The van der Waals surface area contributed by atoms with Crippen molar-refractivity contribution in [2.75, 3.05) is 13.9 Å². The highest BCUT2D eigenvalue weighted by molar-refractivity contribution is 5.59. The van der Waals surface area contributed by atoms with Gasteiger partial charge in [-0.25, -0.2) is 0 Å². The number of benzene rings is 1. The minimum Gasteiger partial charge on any atom is -0.492 e. The maximum absolute atomic E-state index is 6.32. The van der Waals surface area contributed by atoms with E-state index in [9.17, 15) is 0 Å². The third kappa shape index (κ3) is 1.19. The minimum atomic E-state index is -0.244. The van der Waals surface area contributed by atoms with E-state index in [1.807, 2.05) is 12.1 Å². The second kappa shape index (κ2) is 3.28. The van der Waals surface area contributed by atoms with Gasteiger partial charge in [-0.05, 0) is 31.4 Å². The summed E-state index contributed by atoms with van der Waals surface area (Å²) < 4.78 is 16.2. The van der Waals surface area contributed by atoms with Gasteiger partial charge in [-0.2, -0.15) is 0 Å². The van der Waals surface area contributed by atoms with Crippen molar-refractivity contribution in [1.29, 1.82) is 0 Å². The number of methoxy groups -OCH3 is 1. The summed E-state index contributed by atoms with van der Waals surface area (Å²) in [4.78, 5) is 0. The summed E-state index contributed by atoms with van der Waals surface area (Å²) in [6, 6.07) is 3.90. The molecule has 4 heteroatoms. The summed E-state index contributed by atoms with van der Waals surface area (Å²) in [5.41, 5.74) is 7.11. The van der Waals surface area contributed by atoms with Crippen LogP contribution in [0, 0.1) is 0 Å². The number of nitrogens with two attached hydrogens (primary N) is 1. The van der Waals surface area contributed by atoms with Crippen LogP contribution in [0.2, 0.25) is 0 Å². The normalized spacial score (nSPS) is 20.4. The van der Waals surface area contributed by atoms with Crippen molar-refractivity contribution in [1.82, 2.24) is 0 Å². The molecule has 3 rings (SSSR count). The molecule has 1 aromatic carbocycles. The predicted molar refractivity (Wildman–Crippen MR) is 58.8 cm³/mol. The van der Waals surface area contributed by atoms with Crippen molar-refractivity contribution in [3.63, 3.8) is 0 Å². The van der Waals surface area contributed by atoms with Gasteiger partial charge >= 0.3 is 0 Å². The maximum Gasteiger partial charge on any atom is 0.231 e. The Morgan fingerprint density at radius 2 is 2.12 bits per heavy atom. The fraction of sp³-hybridized carbons (Fsp3) is 0.500. The zero-order valence-corrected chi connectivity index (χ0v) is 9.29. The Kier molecular flexibility index (Phi) is 2.01. The minimum absolute atomic E-state index is 0.244. The largest absolute Gasteiger partial charge is 0.492 e. The van der Waals surface area contributed by atoms with Crippen LogP contribution in [0.4, 0.5) is 0 Å². The molecule has 86 valence electrons. The van der Waals surface area contributed by atoms with Crippen LogP contribution in [-0.2, 0) is 5.54 Å². The van der Waals surface area contributed by atoms with E-state index in [1.165, 1.54) is 6.42 Å². The van der Waals surface area contributed by atoms with Crippen LogP contribution in [0.1, 0.15) is 24.8 Å². The first-order valence-corrected chi connectivity index (χ1v) is 5.50. The number of hydrogen-bond acceptors (Lipinski definition) is 4. The summed E-state index contributed by atoms with van der Waals surface area (Å²) in [5.74, 6) is 2.16. The van der Waals surface area contributed by atoms with Crippen LogP contribution in [0.5, 0.6) is 17.2 Å². The number of rotatable bonds is 2. The van der Waals surface area contributed by atoms with Gasteiger partial charge in [0.05, 0.1) is 7.11 Å². The molecular weight excluding hydrogens is 206 g/mol. The molecule has 2 N–H and O–H groups in total. The Morgan fingerprint density at radius 3 is 2.75 bits per heavy atom. The second-order valence-corrected chi connectivity index (χ2v) is 4.39. The monoisotopic (exact) mass is 221 g/mol. The fourth-order valence-electron chi connectivity index (χ4n) is 2.37. The van der Waals surface area contributed by atoms with Crippen LogP contribution in [-0.4, -0.2) is 13.9 Å². The highest BCUT2D eigenvalue weighted by atomic mass is 16.7. The lowest BCUT2D eigenvalue weighted by Gasteiger charge is -2.39. The molecule has 16 heavy (non-hydrogen) atoms. The van der Waals surface area contributed by atoms with Gasteiger partial charge < -0.3 is 19.9 Å². The van der Waals surface area contributed by atoms with Gasteiger partial charge in [-0.1, -0.05) is 0 Å². The molecule has 1 saturated carbocycles. The van der Waals surface area contributed by atoms with Gasteiger partial charge in [0.15, 0.2) is 11.5 Å².